The second-order valence-electron chi connectivity index (χ2n) is 8.68. The highest BCUT2D eigenvalue weighted by Gasteiger charge is 2.23. The van der Waals surface area contributed by atoms with Crippen molar-refractivity contribution in [2.24, 2.45) is 0 Å². The van der Waals surface area contributed by atoms with E-state index in [1.165, 1.54) is 6.92 Å². The average Bonchev–Trinajstić information content (AvgIpc) is 2.94. The van der Waals surface area contributed by atoms with Crippen LogP contribution in [0.3, 0.4) is 0 Å². The monoisotopic (exact) mass is 566 g/mol. The second kappa shape index (κ2) is 11.5. The molecule has 4 rings (SSSR count). The summed E-state index contributed by atoms with van der Waals surface area (Å²) in [5, 5.41) is 5.51. The lowest BCUT2D eigenvalue weighted by Crippen LogP contribution is -2.16. The predicted molar refractivity (Wildman–Crippen MR) is 139 cm³/mol. The van der Waals surface area contributed by atoms with Gasteiger partial charge in [0.15, 0.2) is 34.9 Å². The fourth-order valence-corrected chi connectivity index (χ4v) is 4.04. The van der Waals surface area contributed by atoms with Gasteiger partial charge in [0, 0.05) is 46.5 Å². The second-order valence-corrected chi connectivity index (χ2v) is 9.25. The number of hydrogen-bond donors (Lipinski definition) is 2. The van der Waals surface area contributed by atoms with Crippen molar-refractivity contribution in [1.82, 2.24) is 0 Å². The Morgan fingerprint density at radius 1 is 0.538 bits per heavy atom. The summed E-state index contributed by atoms with van der Waals surface area (Å²) in [6, 6.07) is 12.6. The number of nitrogens with one attached hydrogen (secondary N) is 2. The van der Waals surface area contributed by atoms with Crippen molar-refractivity contribution >= 4 is 25.9 Å². The molecule has 0 amide bonds. The van der Waals surface area contributed by atoms with Crippen LogP contribution < -0.4 is 20.7 Å². The highest BCUT2D eigenvalue weighted by atomic mass is 31.0. The van der Waals surface area contributed by atoms with E-state index in [1.54, 1.807) is 48.5 Å². The van der Waals surface area contributed by atoms with Crippen LogP contribution in [0.4, 0.5) is 42.1 Å². The van der Waals surface area contributed by atoms with Crippen LogP contribution in [0.15, 0.2) is 48.5 Å². The molecule has 0 spiro atoms. The quantitative estimate of drug-likeness (QED) is 0.130. The zero-order chi connectivity index (χ0) is 28.4. The van der Waals surface area contributed by atoms with Gasteiger partial charge in [-0.25, -0.2) is 30.7 Å². The maximum Gasteiger partial charge on any atom is 0.167 e. The van der Waals surface area contributed by atoms with Crippen molar-refractivity contribution in [1.29, 1.82) is 0 Å². The summed E-state index contributed by atoms with van der Waals surface area (Å²) in [6.07, 6.45) is 0. The predicted octanol–water partition coefficient (Wildman–Crippen LogP) is 7.79. The molecule has 0 aliphatic carbocycles. The molecule has 0 radical (unpaired) electrons. The van der Waals surface area contributed by atoms with Crippen molar-refractivity contribution in [3.05, 3.63) is 112 Å². The third-order valence-corrected chi connectivity index (χ3v) is 6.84. The van der Waals surface area contributed by atoms with Gasteiger partial charge in [-0.3, -0.25) is 0 Å². The zero-order valence-electron chi connectivity index (χ0n) is 20.7. The van der Waals surface area contributed by atoms with Gasteiger partial charge in [-0.1, -0.05) is 0 Å². The van der Waals surface area contributed by atoms with Crippen LogP contribution in [0.2, 0.25) is 0 Å². The molecule has 1 atom stereocenters. The number of ether oxygens (including phenoxy) is 1. The number of anilines is 2. The minimum atomic E-state index is -1.45. The summed E-state index contributed by atoms with van der Waals surface area (Å²) in [6.45, 7) is 1.48. The van der Waals surface area contributed by atoms with Crippen molar-refractivity contribution in [3.8, 4) is 11.5 Å². The van der Waals surface area contributed by atoms with Crippen LogP contribution in [0.1, 0.15) is 22.3 Å². The zero-order valence-corrected chi connectivity index (χ0v) is 21.8. The molecule has 11 heteroatoms. The third-order valence-electron chi connectivity index (χ3n) is 6.15. The molecule has 0 aliphatic heterocycles. The van der Waals surface area contributed by atoms with Gasteiger partial charge in [0.05, 0.1) is 0 Å². The van der Waals surface area contributed by atoms with Crippen LogP contribution in [0.25, 0.3) is 0 Å². The standard InChI is InChI=1S/C28H22F7N2OP/c1-13-21(29)24(32)19(25(33)22(13)30)11-36-15-3-7-17(8-4-15)38-18-9-5-16(6-10-18)37-12-20-26(34)23(31)14(2)28(39)27(20)35/h3-10,36-37H,11-12,39H2,1-2H3. The van der Waals surface area contributed by atoms with E-state index in [1.807, 2.05) is 0 Å². The van der Waals surface area contributed by atoms with Crippen LogP contribution in [-0.2, 0) is 13.1 Å². The van der Waals surface area contributed by atoms with Gasteiger partial charge >= 0.3 is 0 Å². The molecule has 204 valence electrons. The first-order valence-corrected chi connectivity index (χ1v) is 12.2. The van der Waals surface area contributed by atoms with Gasteiger partial charge in [-0.05, 0) is 67.9 Å². The molecule has 0 aliphatic rings. The molecule has 2 N–H and O–H groups in total. The first-order valence-electron chi connectivity index (χ1n) is 11.6. The molecule has 0 saturated heterocycles. The molecule has 1 unspecified atom stereocenters. The van der Waals surface area contributed by atoms with E-state index in [2.05, 4.69) is 19.9 Å². The fraction of sp³-hybridized carbons (Fsp3) is 0.143. The number of hydrogen-bond acceptors (Lipinski definition) is 3. The highest BCUT2D eigenvalue weighted by molar-refractivity contribution is 7.27. The minimum absolute atomic E-state index is 0.0343. The number of benzene rings is 4. The average molecular weight is 566 g/mol. The first kappa shape index (κ1) is 28.2. The van der Waals surface area contributed by atoms with Crippen molar-refractivity contribution in [2.75, 3.05) is 10.6 Å². The summed E-state index contributed by atoms with van der Waals surface area (Å²) < 4.78 is 104. The molecule has 0 fully saturated rings. The van der Waals surface area contributed by atoms with Gasteiger partial charge in [-0.2, -0.15) is 0 Å². The summed E-state index contributed by atoms with van der Waals surface area (Å²) >= 11 is 0. The topological polar surface area (TPSA) is 33.3 Å². The molecule has 4 aromatic carbocycles. The first-order chi connectivity index (χ1) is 18.5. The van der Waals surface area contributed by atoms with Crippen LogP contribution >= 0.6 is 9.24 Å². The molecule has 0 saturated carbocycles. The van der Waals surface area contributed by atoms with Crippen molar-refractivity contribution in [3.63, 3.8) is 0 Å². The van der Waals surface area contributed by atoms with Crippen LogP contribution in [-0.4, -0.2) is 0 Å². The Morgan fingerprint density at radius 2 is 0.897 bits per heavy atom. The summed E-state index contributed by atoms with van der Waals surface area (Å²) in [4.78, 5) is 0. The van der Waals surface area contributed by atoms with Gasteiger partial charge in [0.25, 0.3) is 0 Å². The third kappa shape index (κ3) is 5.81. The van der Waals surface area contributed by atoms with E-state index < -0.39 is 64.0 Å². The van der Waals surface area contributed by atoms with E-state index in [4.69, 9.17) is 4.74 Å². The lowest BCUT2D eigenvalue weighted by Gasteiger charge is -2.14. The Morgan fingerprint density at radius 3 is 1.31 bits per heavy atom. The van der Waals surface area contributed by atoms with Crippen LogP contribution in [0.5, 0.6) is 11.5 Å². The largest absolute Gasteiger partial charge is 0.457 e. The Hall–Kier alpha value is -3.78. The summed E-state index contributed by atoms with van der Waals surface area (Å²) in [5.74, 6) is -8.10. The van der Waals surface area contributed by atoms with E-state index in [-0.39, 0.29) is 17.4 Å². The minimum Gasteiger partial charge on any atom is -0.457 e. The number of halogens is 7. The molecular weight excluding hydrogens is 544 g/mol. The molecule has 0 bridgehead atoms. The Labute approximate surface area is 222 Å². The SMILES string of the molecule is Cc1c(F)c(F)c(CNc2ccc(Oc3ccc(NCc4c(F)c(F)c(C)c(P)c4F)cc3)cc2)c(F)c1F. The normalized spacial score (nSPS) is 11.0. The Kier molecular flexibility index (Phi) is 8.35. The van der Waals surface area contributed by atoms with E-state index in [0.29, 0.717) is 22.9 Å². The summed E-state index contributed by atoms with van der Waals surface area (Å²) in [5.41, 5.74) is -1.07. The smallest absolute Gasteiger partial charge is 0.167 e. The maximum absolute atomic E-state index is 14.4. The van der Waals surface area contributed by atoms with Crippen molar-refractivity contribution in [2.45, 2.75) is 26.9 Å². The maximum atomic E-state index is 14.4. The molecule has 3 nitrogen and oxygen atoms in total. The van der Waals surface area contributed by atoms with Gasteiger partial charge in [-0.15, -0.1) is 9.24 Å². The van der Waals surface area contributed by atoms with Crippen molar-refractivity contribution < 1.29 is 35.5 Å². The van der Waals surface area contributed by atoms with Crippen LogP contribution in [0, 0.1) is 54.6 Å². The van der Waals surface area contributed by atoms with E-state index in [0.717, 1.165) is 6.92 Å². The highest BCUT2D eigenvalue weighted by Crippen LogP contribution is 2.27. The lowest BCUT2D eigenvalue weighted by atomic mass is 10.1. The fourth-order valence-electron chi connectivity index (χ4n) is 3.73. The molecular formula is C28H22F7N2OP. The number of rotatable bonds is 8. The molecule has 39 heavy (non-hydrogen) atoms. The summed E-state index contributed by atoms with van der Waals surface area (Å²) in [7, 11) is 2.07. The van der Waals surface area contributed by atoms with Gasteiger partial charge in [0.2, 0.25) is 0 Å². The molecule has 4 aromatic rings. The Balaban J connectivity index is 1.36. The lowest BCUT2D eigenvalue weighted by molar-refractivity contribution is 0.433. The Bertz CT molecular complexity index is 1350. The molecule has 0 heterocycles. The van der Waals surface area contributed by atoms with E-state index in [9.17, 15) is 30.7 Å². The van der Waals surface area contributed by atoms with Gasteiger partial charge < -0.3 is 15.4 Å². The van der Waals surface area contributed by atoms with Gasteiger partial charge in [0.1, 0.15) is 17.3 Å². The molecule has 0 aromatic heterocycles. The van der Waals surface area contributed by atoms with E-state index >= 15 is 0 Å².